The lowest BCUT2D eigenvalue weighted by atomic mass is 9.95. The number of carboxylic acids is 1. The highest BCUT2D eigenvalue weighted by Gasteiger charge is 2.73. The molecule has 1 saturated heterocycles. The summed E-state index contributed by atoms with van der Waals surface area (Å²) in [6, 6.07) is 8.11. The van der Waals surface area contributed by atoms with Gasteiger partial charge in [-0.25, -0.2) is 4.79 Å². The monoisotopic (exact) mass is 246 g/mol. The smallest absolute Gasteiger partial charge is 0.418 e. The van der Waals surface area contributed by atoms with Gasteiger partial charge in [0.2, 0.25) is 5.60 Å². The molecular formula is C11H9F3O3. The number of epoxide rings is 1. The van der Waals surface area contributed by atoms with Crippen LogP contribution in [0.5, 0.6) is 0 Å². The van der Waals surface area contributed by atoms with Crippen molar-refractivity contribution < 1.29 is 27.8 Å². The molecule has 2 atom stereocenters. The molecule has 0 bridgehead atoms. The average molecular weight is 246 g/mol. The van der Waals surface area contributed by atoms with Crippen molar-refractivity contribution in [3.05, 3.63) is 35.9 Å². The summed E-state index contributed by atoms with van der Waals surface area (Å²) in [7, 11) is 0. The van der Waals surface area contributed by atoms with Crippen molar-refractivity contribution in [2.45, 2.75) is 24.3 Å². The summed E-state index contributed by atoms with van der Waals surface area (Å²) in [5, 5.41) is 8.87. The molecule has 1 aliphatic heterocycles. The fraction of sp³-hybridized carbons (Fsp3) is 0.364. The number of rotatable bonds is 3. The van der Waals surface area contributed by atoms with Crippen molar-refractivity contribution in [2.75, 3.05) is 0 Å². The Kier molecular flexibility index (Phi) is 2.61. The van der Waals surface area contributed by atoms with E-state index in [4.69, 9.17) is 5.11 Å². The van der Waals surface area contributed by atoms with E-state index in [-0.39, 0.29) is 6.42 Å². The molecule has 1 aromatic rings. The zero-order chi connectivity index (χ0) is 12.7. The molecule has 0 radical (unpaired) electrons. The average Bonchev–Trinajstić information content (AvgIpc) is 2.95. The lowest BCUT2D eigenvalue weighted by Crippen LogP contribution is -2.35. The number of halogens is 3. The van der Waals surface area contributed by atoms with Crippen molar-refractivity contribution in [3.63, 3.8) is 0 Å². The highest BCUT2D eigenvalue weighted by molar-refractivity contribution is 5.82. The molecule has 2 rings (SSSR count). The lowest BCUT2D eigenvalue weighted by molar-refractivity contribution is -0.151. The minimum absolute atomic E-state index is 0.284. The molecule has 1 aliphatic rings. The molecule has 0 saturated carbocycles. The summed E-state index contributed by atoms with van der Waals surface area (Å²) in [5.41, 5.74) is -1.65. The topological polar surface area (TPSA) is 49.8 Å². The van der Waals surface area contributed by atoms with Gasteiger partial charge < -0.3 is 9.84 Å². The second-order valence-corrected chi connectivity index (χ2v) is 3.90. The van der Waals surface area contributed by atoms with Crippen molar-refractivity contribution in [3.8, 4) is 0 Å². The van der Waals surface area contributed by atoms with E-state index in [9.17, 15) is 18.0 Å². The summed E-state index contributed by atoms with van der Waals surface area (Å²) >= 11 is 0. The number of alkyl halides is 3. The van der Waals surface area contributed by atoms with Crippen LogP contribution in [-0.4, -0.2) is 29.0 Å². The third kappa shape index (κ3) is 2.12. The van der Waals surface area contributed by atoms with Crippen LogP contribution in [0.1, 0.15) is 5.56 Å². The van der Waals surface area contributed by atoms with Gasteiger partial charge >= 0.3 is 12.1 Å². The van der Waals surface area contributed by atoms with Crippen LogP contribution in [-0.2, 0) is 16.0 Å². The van der Waals surface area contributed by atoms with E-state index in [1.54, 1.807) is 30.3 Å². The quantitative estimate of drug-likeness (QED) is 0.830. The summed E-state index contributed by atoms with van der Waals surface area (Å²) in [4.78, 5) is 10.9. The predicted molar refractivity (Wildman–Crippen MR) is 51.4 cm³/mol. The van der Waals surface area contributed by atoms with Gasteiger partial charge in [0, 0.05) is 6.42 Å². The van der Waals surface area contributed by atoms with E-state index in [2.05, 4.69) is 4.74 Å². The Hall–Kier alpha value is -1.56. The number of carboxylic acid groups (broad SMARTS) is 1. The van der Waals surface area contributed by atoms with Crippen molar-refractivity contribution in [1.82, 2.24) is 0 Å². The third-order valence-electron chi connectivity index (χ3n) is 2.66. The summed E-state index contributed by atoms with van der Waals surface area (Å²) in [6.07, 6.45) is -7.15. The molecule has 17 heavy (non-hydrogen) atoms. The Balaban J connectivity index is 2.20. The van der Waals surface area contributed by atoms with Gasteiger partial charge in [0.15, 0.2) is 6.10 Å². The van der Waals surface area contributed by atoms with E-state index < -0.39 is 23.9 Å². The van der Waals surface area contributed by atoms with Gasteiger partial charge in [-0.05, 0) is 5.56 Å². The molecule has 1 aromatic carbocycles. The van der Waals surface area contributed by atoms with Crippen molar-refractivity contribution in [2.24, 2.45) is 0 Å². The number of benzene rings is 1. The molecule has 1 fully saturated rings. The standard InChI is InChI=1S/C11H9F3O3/c12-11(13,14)8-10(17-8,9(15)16)6-7-4-2-1-3-5-7/h1-5,8H,6H2,(H,15,16). The van der Waals surface area contributed by atoms with E-state index >= 15 is 0 Å². The highest BCUT2D eigenvalue weighted by Crippen LogP contribution is 2.48. The first-order chi connectivity index (χ1) is 7.86. The maximum absolute atomic E-state index is 12.4. The minimum Gasteiger partial charge on any atom is -0.479 e. The SMILES string of the molecule is O=C(O)C1(Cc2ccccc2)OC1C(F)(F)F. The van der Waals surface area contributed by atoms with Crippen LogP contribution in [0.25, 0.3) is 0 Å². The van der Waals surface area contributed by atoms with Crippen molar-refractivity contribution in [1.29, 1.82) is 0 Å². The van der Waals surface area contributed by atoms with Crippen LogP contribution < -0.4 is 0 Å². The Morgan fingerprint density at radius 2 is 1.94 bits per heavy atom. The molecule has 0 spiro atoms. The van der Waals surface area contributed by atoms with Gasteiger partial charge in [0.05, 0.1) is 0 Å². The van der Waals surface area contributed by atoms with E-state index in [1.165, 1.54) is 0 Å². The molecule has 0 aliphatic carbocycles. The van der Waals surface area contributed by atoms with E-state index in [0.29, 0.717) is 5.56 Å². The number of hydrogen-bond donors (Lipinski definition) is 1. The molecule has 92 valence electrons. The third-order valence-corrected chi connectivity index (χ3v) is 2.66. The first kappa shape index (κ1) is 11.9. The van der Waals surface area contributed by atoms with Gasteiger partial charge in [0.1, 0.15) is 0 Å². The fourth-order valence-electron chi connectivity index (χ4n) is 1.78. The molecule has 0 aromatic heterocycles. The van der Waals surface area contributed by atoms with E-state index in [1.807, 2.05) is 0 Å². The summed E-state index contributed by atoms with van der Waals surface area (Å²) in [6.45, 7) is 0. The molecule has 1 heterocycles. The van der Waals surface area contributed by atoms with Gasteiger partial charge in [-0.3, -0.25) is 0 Å². The van der Waals surface area contributed by atoms with Gasteiger partial charge in [-0.15, -0.1) is 0 Å². The molecular weight excluding hydrogens is 237 g/mol. The first-order valence-corrected chi connectivity index (χ1v) is 4.88. The second-order valence-electron chi connectivity index (χ2n) is 3.90. The first-order valence-electron chi connectivity index (χ1n) is 4.88. The zero-order valence-corrected chi connectivity index (χ0v) is 8.57. The largest absolute Gasteiger partial charge is 0.479 e. The molecule has 3 nitrogen and oxygen atoms in total. The van der Waals surface area contributed by atoms with Crippen LogP contribution in [0.2, 0.25) is 0 Å². The second kappa shape index (κ2) is 3.73. The minimum atomic E-state index is -4.65. The predicted octanol–water partition coefficient (Wildman–Crippen LogP) is 2.01. The number of aliphatic carboxylic acids is 1. The van der Waals surface area contributed by atoms with Crippen LogP contribution in [0, 0.1) is 0 Å². The zero-order valence-electron chi connectivity index (χ0n) is 8.57. The van der Waals surface area contributed by atoms with Crippen LogP contribution >= 0.6 is 0 Å². The number of ether oxygens (including phenoxy) is 1. The summed E-state index contributed by atoms with van der Waals surface area (Å²) < 4.78 is 41.6. The lowest BCUT2D eigenvalue weighted by Gasteiger charge is -2.09. The number of carbonyl (C=O) groups is 1. The normalized spacial score (nSPS) is 27.8. The molecule has 1 N–H and O–H groups in total. The molecule has 0 amide bonds. The fourth-order valence-corrected chi connectivity index (χ4v) is 1.78. The maximum Gasteiger partial charge on any atom is 0.418 e. The van der Waals surface area contributed by atoms with Crippen LogP contribution in [0.3, 0.4) is 0 Å². The Bertz CT molecular complexity index is 429. The summed E-state index contributed by atoms with van der Waals surface area (Å²) in [5.74, 6) is -1.58. The Morgan fingerprint density at radius 3 is 2.35 bits per heavy atom. The molecule has 2 unspecified atom stereocenters. The Morgan fingerprint density at radius 1 is 1.35 bits per heavy atom. The van der Waals surface area contributed by atoms with Gasteiger partial charge in [-0.2, -0.15) is 13.2 Å². The Labute approximate surface area is 94.8 Å². The maximum atomic E-state index is 12.4. The van der Waals surface area contributed by atoms with E-state index in [0.717, 1.165) is 0 Å². The van der Waals surface area contributed by atoms with Gasteiger partial charge in [0.25, 0.3) is 0 Å². The van der Waals surface area contributed by atoms with Crippen LogP contribution in [0.15, 0.2) is 30.3 Å². The molecule has 6 heteroatoms. The van der Waals surface area contributed by atoms with Crippen LogP contribution in [0.4, 0.5) is 13.2 Å². The number of hydrogen-bond acceptors (Lipinski definition) is 2. The van der Waals surface area contributed by atoms with Gasteiger partial charge in [-0.1, -0.05) is 30.3 Å². The highest BCUT2D eigenvalue weighted by atomic mass is 19.4. The van der Waals surface area contributed by atoms with Crippen molar-refractivity contribution >= 4 is 5.97 Å².